The molecule has 7 heteroatoms. The van der Waals surface area contributed by atoms with Crippen molar-refractivity contribution in [1.29, 1.82) is 0 Å². The minimum Gasteiger partial charge on any atom is -0.398 e. The highest BCUT2D eigenvalue weighted by Crippen LogP contribution is 2.32. The first kappa shape index (κ1) is 19.4. The van der Waals surface area contributed by atoms with Gasteiger partial charge in [-0.3, -0.25) is 4.57 Å². The molecular weight excluding hydrogens is 408 g/mol. The Morgan fingerprint density at radius 3 is 2.45 bits per heavy atom. The van der Waals surface area contributed by atoms with Gasteiger partial charge in [0.25, 0.3) is 0 Å². The highest BCUT2D eigenvalue weighted by molar-refractivity contribution is 7.21. The van der Waals surface area contributed by atoms with Gasteiger partial charge in [0.2, 0.25) is 0 Å². The second-order valence-corrected chi connectivity index (χ2v) is 8.28. The monoisotopic (exact) mass is 428 g/mol. The predicted molar refractivity (Wildman–Crippen MR) is 124 cm³/mol. The molecule has 3 aromatic carbocycles. The van der Waals surface area contributed by atoms with Crippen molar-refractivity contribution in [1.82, 2.24) is 14.5 Å². The topological polar surface area (TPSA) is 97.2 Å². The third-order valence-electron chi connectivity index (χ3n) is 5.28. The van der Waals surface area contributed by atoms with E-state index in [1.54, 1.807) is 23.9 Å². The molecule has 2 heterocycles. The van der Waals surface area contributed by atoms with Crippen molar-refractivity contribution in [3.63, 3.8) is 0 Å². The molecule has 0 unspecified atom stereocenters. The first-order chi connectivity index (χ1) is 15.2. The van der Waals surface area contributed by atoms with Crippen LogP contribution in [-0.2, 0) is 13.2 Å². The second kappa shape index (κ2) is 7.96. The fourth-order valence-corrected chi connectivity index (χ4v) is 4.60. The van der Waals surface area contributed by atoms with Gasteiger partial charge in [-0.25, -0.2) is 9.97 Å². The lowest BCUT2D eigenvalue weighted by atomic mass is 10.1. The van der Waals surface area contributed by atoms with E-state index in [9.17, 15) is 10.2 Å². The number of thiazole rings is 1. The Morgan fingerprint density at radius 1 is 0.903 bits per heavy atom. The number of aliphatic hydroxyl groups excluding tert-OH is 2. The summed E-state index contributed by atoms with van der Waals surface area (Å²) in [6.45, 7) is -0.0561. The van der Waals surface area contributed by atoms with Crippen LogP contribution in [0.1, 0.15) is 11.1 Å². The number of aromatic nitrogens is 3. The van der Waals surface area contributed by atoms with Gasteiger partial charge in [-0.1, -0.05) is 18.2 Å². The van der Waals surface area contributed by atoms with Gasteiger partial charge in [-0.15, -0.1) is 11.3 Å². The maximum Gasteiger partial charge on any atom is 0.124 e. The van der Waals surface area contributed by atoms with Crippen molar-refractivity contribution in [3.8, 4) is 27.5 Å². The zero-order chi connectivity index (χ0) is 21.4. The summed E-state index contributed by atoms with van der Waals surface area (Å²) in [5.41, 5.74) is 13.0. The molecule has 0 spiro atoms. The van der Waals surface area contributed by atoms with Crippen LogP contribution in [0.2, 0.25) is 0 Å². The van der Waals surface area contributed by atoms with Crippen LogP contribution in [0.5, 0.6) is 0 Å². The van der Waals surface area contributed by atoms with Crippen molar-refractivity contribution in [3.05, 3.63) is 84.3 Å². The molecule has 154 valence electrons. The van der Waals surface area contributed by atoms with Crippen LogP contribution in [0, 0.1) is 0 Å². The molecule has 0 radical (unpaired) electrons. The molecular formula is C24H20N4O2S. The highest BCUT2D eigenvalue weighted by atomic mass is 32.1. The fourth-order valence-electron chi connectivity index (χ4n) is 3.57. The number of nitrogens with zero attached hydrogens (tertiary/aromatic N) is 3. The van der Waals surface area contributed by atoms with Crippen molar-refractivity contribution >= 4 is 27.2 Å². The van der Waals surface area contributed by atoms with Crippen molar-refractivity contribution in [2.24, 2.45) is 0 Å². The summed E-state index contributed by atoms with van der Waals surface area (Å²) in [6, 6.07) is 19.6. The third kappa shape index (κ3) is 3.59. The van der Waals surface area contributed by atoms with E-state index in [1.807, 2.05) is 65.2 Å². The van der Waals surface area contributed by atoms with Gasteiger partial charge in [-0.2, -0.15) is 0 Å². The molecule has 0 amide bonds. The Kier molecular flexibility index (Phi) is 4.99. The van der Waals surface area contributed by atoms with Gasteiger partial charge >= 0.3 is 0 Å². The zero-order valence-corrected chi connectivity index (χ0v) is 17.4. The first-order valence-corrected chi connectivity index (χ1v) is 10.6. The van der Waals surface area contributed by atoms with Gasteiger partial charge in [0.15, 0.2) is 0 Å². The summed E-state index contributed by atoms with van der Waals surface area (Å²) in [4.78, 5) is 9.04. The standard InChI is InChI=1S/C24H20N4O2S/c25-20-10-17(2-3-18(20)13-30)22-11-26-14-28(22)19-6-4-16(5-7-19)24-27-21-8-1-15(12-29)9-23(21)31-24/h1-11,14,29-30H,12-13,25H2. The summed E-state index contributed by atoms with van der Waals surface area (Å²) in [6.07, 6.45) is 3.57. The number of hydrogen-bond acceptors (Lipinski definition) is 6. The summed E-state index contributed by atoms with van der Waals surface area (Å²) in [5.74, 6) is 0. The first-order valence-electron chi connectivity index (χ1n) is 9.79. The summed E-state index contributed by atoms with van der Waals surface area (Å²) >= 11 is 1.61. The molecule has 5 rings (SSSR count). The van der Waals surface area contributed by atoms with Crippen LogP contribution in [-0.4, -0.2) is 24.7 Å². The lowest BCUT2D eigenvalue weighted by Crippen LogP contribution is -1.98. The van der Waals surface area contributed by atoms with Crippen LogP contribution in [0.3, 0.4) is 0 Å². The molecule has 0 aliphatic carbocycles. The van der Waals surface area contributed by atoms with Gasteiger partial charge in [0.1, 0.15) is 5.01 Å². The molecule has 0 saturated heterocycles. The molecule has 0 aliphatic heterocycles. The van der Waals surface area contributed by atoms with E-state index < -0.39 is 0 Å². The highest BCUT2D eigenvalue weighted by Gasteiger charge is 2.11. The summed E-state index contributed by atoms with van der Waals surface area (Å²) < 4.78 is 3.06. The average Bonchev–Trinajstić information content (AvgIpc) is 3.46. The third-order valence-corrected chi connectivity index (χ3v) is 6.35. The quantitative estimate of drug-likeness (QED) is 0.361. The summed E-state index contributed by atoms with van der Waals surface area (Å²) in [7, 11) is 0. The number of nitrogens with two attached hydrogens (primary N) is 1. The molecule has 2 aromatic heterocycles. The van der Waals surface area contributed by atoms with Crippen molar-refractivity contribution in [2.75, 3.05) is 5.73 Å². The molecule has 6 nitrogen and oxygen atoms in total. The number of anilines is 1. The van der Waals surface area contributed by atoms with E-state index >= 15 is 0 Å². The normalized spacial score (nSPS) is 11.3. The van der Waals surface area contributed by atoms with Crippen LogP contribution in [0.4, 0.5) is 5.69 Å². The molecule has 0 bridgehead atoms. The number of aliphatic hydroxyl groups is 2. The van der Waals surface area contributed by atoms with E-state index in [2.05, 4.69) is 4.98 Å². The molecule has 0 fully saturated rings. The predicted octanol–water partition coefficient (Wildman–Crippen LogP) is 4.38. The van der Waals surface area contributed by atoms with Crippen molar-refractivity contribution < 1.29 is 10.2 Å². The number of benzene rings is 3. The van der Waals surface area contributed by atoms with E-state index in [0.717, 1.165) is 43.3 Å². The van der Waals surface area contributed by atoms with Gasteiger partial charge in [0.05, 0.1) is 41.6 Å². The second-order valence-electron chi connectivity index (χ2n) is 7.25. The molecule has 0 atom stereocenters. The number of hydrogen-bond donors (Lipinski definition) is 3. The summed E-state index contributed by atoms with van der Waals surface area (Å²) in [5, 5.41) is 19.6. The van der Waals surface area contributed by atoms with Crippen LogP contribution < -0.4 is 5.73 Å². The minimum absolute atomic E-state index is 0.0273. The molecule has 31 heavy (non-hydrogen) atoms. The maximum atomic E-state index is 9.35. The smallest absolute Gasteiger partial charge is 0.124 e. The maximum absolute atomic E-state index is 9.35. The Bertz CT molecular complexity index is 1370. The van der Waals surface area contributed by atoms with Gasteiger partial charge in [-0.05, 0) is 48.0 Å². The van der Waals surface area contributed by atoms with Crippen LogP contribution in [0.25, 0.3) is 37.7 Å². The van der Waals surface area contributed by atoms with Gasteiger partial charge in [0, 0.05) is 28.1 Å². The van der Waals surface area contributed by atoms with Crippen molar-refractivity contribution in [2.45, 2.75) is 13.2 Å². The molecule has 5 aromatic rings. The Morgan fingerprint density at radius 2 is 1.71 bits per heavy atom. The van der Waals surface area contributed by atoms with E-state index in [1.165, 1.54) is 0 Å². The van der Waals surface area contributed by atoms with E-state index in [4.69, 9.17) is 10.7 Å². The largest absolute Gasteiger partial charge is 0.398 e. The molecule has 0 saturated carbocycles. The molecule has 0 aliphatic rings. The zero-order valence-electron chi connectivity index (χ0n) is 16.6. The van der Waals surface area contributed by atoms with Gasteiger partial charge < -0.3 is 15.9 Å². The number of imidazole rings is 1. The number of fused-ring (bicyclic) bond motifs is 1. The SMILES string of the molecule is Nc1cc(-c2cncn2-c2ccc(-c3nc4ccc(CO)cc4s3)cc2)ccc1CO. The van der Waals surface area contributed by atoms with Crippen LogP contribution >= 0.6 is 11.3 Å². The van der Waals surface area contributed by atoms with E-state index in [0.29, 0.717) is 11.3 Å². The fraction of sp³-hybridized carbons (Fsp3) is 0.0833. The lowest BCUT2D eigenvalue weighted by Gasteiger charge is -2.11. The Labute approximate surface area is 182 Å². The number of rotatable bonds is 5. The molecule has 4 N–H and O–H groups in total. The minimum atomic E-state index is -0.0834. The lowest BCUT2D eigenvalue weighted by molar-refractivity contribution is 0.282. The average molecular weight is 429 g/mol. The number of nitrogen functional groups attached to an aromatic ring is 1. The Hall–Kier alpha value is -3.52. The Balaban J connectivity index is 1.48. The van der Waals surface area contributed by atoms with Crippen LogP contribution in [0.15, 0.2) is 73.2 Å². The van der Waals surface area contributed by atoms with E-state index in [-0.39, 0.29) is 13.2 Å².